The van der Waals surface area contributed by atoms with Crippen LogP contribution < -0.4 is 0 Å². The molecule has 0 aromatic rings. The molecule has 2 amide bonds. The highest BCUT2D eigenvalue weighted by molar-refractivity contribution is 5.89. The van der Waals surface area contributed by atoms with Gasteiger partial charge in [-0.15, -0.1) is 0 Å². The van der Waals surface area contributed by atoms with Crippen molar-refractivity contribution in [3.05, 3.63) is 0 Å². The number of nitrogens with zero attached hydrogens (tertiary/aromatic N) is 2. The smallest absolute Gasteiger partial charge is 0.228 e. The Morgan fingerprint density at radius 2 is 2.04 bits per heavy atom. The van der Waals surface area contributed by atoms with E-state index in [0.29, 0.717) is 19.1 Å². The second kappa shape index (κ2) is 6.66. The van der Waals surface area contributed by atoms with Gasteiger partial charge in [0.2, 0.25) is 11.8 Å². The molecule has 3 aliphatic rings. The van der Waals surface area contributed by atoms with Crippen LogP contribution in [0.15, 0.2) is 0 Å². The summed E-state index contributed by atoms with van der Waals surface area (Å²) in [5.74, 6) is 0.0975. The van der Waals surface area contributed by atoms with Gasteiger partial charge in [-0.05, 0) is 40.0 Å². The maximum Gasteiger partial charge on any atom is 0.228 e. The molecule has 0 unspecified atom stereocenters. The van der Waals surface area contributed by atoms with Crippen LogP contribution in [0, 0.1) is 11.3 Å². The van der Waals surface area contributed by atoms with E-state index in [2.05, 4.69) is 6.92 Å². The van der Waals surface area contributed by atoms with Crippen LogP contribution in [0.5, 0.6) is 0 Å². The van der Waals surface area contributed by atoms with Gasteiger partial charge in [0, 0.05) is 44.1 Å². The second-order valence-electron chi connectivity index (χ2n) is 8.13. The molecule has 5 heteroatoms. The van der Waals surface area contributed by atoms with Gasteiger partial charge in [-0.2, -0.15) is 0 Å². The first-order valence-electron chi connectivity index (χ1n) is 9.58. The minimum atomic E-state index is -0.172. The van der Waals surface area contributed by atoms with Crippen molar-refractivity contribution in [2.45, 2.75) is 77.5 Å². The Morgan fingerprint density at radius 3 is 2.58 bits per heavy atom. The van der Waals surface area contributed by atoms with Crippen LogP contribution in [0.1, 0.15) is 59.3 Å². The largest absolute Gasteiger partial charge is 0.378 e. The molecule has 1 saturated heterocycles. The number of hydrogen-bond acceptors (Lipinski definition) is 3. The summed E-state index contributed by atoms with van der Waals surface area (Å²) < 4.78 is 5.97. The summed E-state index contributed by atoms with van der Waals surface area (Å²) in [6.45, 7) is 7.41. The summed E-state index contributed by atoms with van der Waals surface area (Å²) in [5, 5.41) is 0. The molecule has 24 heavy (non-hydrogen) atoms. The predicted octanol–water partition coefficient (Wildman–Crippen LogP) is 2.44. The van der Waals surface area contributed by atoms with Crippen molar-refractivity contribution in [2.75, 3.05) is 20.2 Å². The zero-order chi connectivity index (χ0) is 17.5. The van der Waals surface area contributed by atoms with Crippen molar-refractivity contribution in [3.63, 3.8) is 0 Å². The summed E-state index contributed by atoms with van der Waals surface area (Å²) in [6.07, 6.45) is 6.45. The molecule has 0 aromatic carbocycles. The van der Waals surface area contributed by atoms with E-state index in [-0.39, 0.29) is 35.2 Å². The lowest BCUT2D eigenvalue weighted by Crippen LogP contribution is -2.64. The first-order valence-corrected chi connectivity index (χ1v) is 9.58. The maximum absolute atomic E-state index is 13.0. The number of amides is 2. The molecule has 136 valence electrons. The fourth-order valence-corrected chi connectivity index (χ4v) is 5.23. The molecule has 5 nitrogen and oxygen atoms in total. The minimum absolute atomic E-state index is 0.119. The van der Waals surface area contributed by atoms with Gasteiger partial charge in [-0.1, -0.05) is 12.8 Å². The number of likely N-dealkylation sites (tertiary alicyclic amines) is 1. The van der Waals surface area contributed by atoms with Crippen LogP contribution in [-0.2, 0) is 14.3 Å². The summed E-state index contributed by atoms with van der Waals surface area (Å²) >= 11 is 0. The van der Waals surface area contributed by atoms with E-state index in [1.54, 1.807) is 0 Å². The van der Waals surface area contributed by atoms with Crippen molar-refractivity contribution in [3.8, 4) is 0 Å². The molecule has 3 rings (SSSR count). The first kappa shape index (κ1) is 17.7. The van der Waals surface area contributed by atoms with Gasteiger partial charge >= 0.3 is 0 Å². The van der Waals surface area contributed by atoms with E-state index in [0.717, 1.165) is 13.0 Å². The highest BCUT2D eigenvalue weighted by Crippen LogP contribution is 2.56. The number of carbonyl (C=O) groups is 2. The van der Waals surface area contributed by atoms with Gasteiger partial charge < -0.3 is 14.5 Å². The Labute approximate surface area is 145 Å². The SMILES string of the molecule is CCO[C@@H]1C[C@@H](N(C)C(=O)[C@@H]2CC(=O)N(C(C)C)C2)C12CCCC2. The molecule has 1 spiro atoms. The van der Waals surface area contributed by atoms with E-state index in [1.165, 1.54) is 25.7 Å². The first-order chi connectivity index (χ1) is 11.4. The maximum atomic E-state index is 13.0. The fraction of sp³-hybridized carbons (Fsp3) is 0.895. The average molecular weight is 336 g/mol. The molecule has 2 aliphatic carbocycles. The summed E-state index contributed by atoms with van der Waals surface area (Å²) in [6, 6.07) is 0.458. The molecule has 0 radical (unpaired) electrons. The van der Waals surface area contributed by atoms with E-state index < -0.39 is 0 Å². The van der Waals surface area contributed by atoms with E-state index in [9.17, 15) is 9.59 Å². The quantitative estimate of drug-likeness (QED) is 0.775. The summed E-state index contributed by atoms with van der Waals surface area (Å²) in [4.78, 5) is 28.9. The van der Waals surface area contributed by atoms with Crippen LogP contribution in [0.4, 0.5) is 0 Å². The second-order valence-corrected chi connectivity index (χ2v) is 8.13. The third-order valence-corrected chi connectivity index (χ3v) is 6.59. The Bertz CT molecular complexity index is 499. The summed E-state index contributed by atoms with van der Waals surface area (Å²) in [5.41, 5.74) is 0.167. The molecule has 2 saturated carbocycles. The van der Waals surface area contributed by atoms with Crippen LogP contribution in [0.2, 0.25) is 0 Å². The predicted molar refractivity (Wildman–Crippen MR) is 92.4 cm³/mol. The van der Waals surface area contributed by atoms with Gasteiger partial charge in [0.25, 0.3) is 0 Å². The topological polar surface area (TPSA) is 49.9 Å². The molecule has 1 heterocycles. The van der Waals surface area contributed by atoms with Crippen molar-refractivity contribution in [1.82, 2.24) is 9.80 Å². The Morgan fingerprint density at radius 1 is 1.38 bits per heavy atom. The lowest BCUT2D eigenvalue weighted by molar-refractivity contribution is -0.174. The standard InChI is InChI=1S/C19H32N2O3/c1-5-24-16-11-15(19(16)8-6-7-9-19)20(4)18(23)14-10-17(22)21(12-14)13(2)3/h13-16H,5-12H2,1-4H3/t14-,15-,16-/m1/s1. The van der Waals surface area contributed by atoms with Crippen LogP contribution in [0.3, 0.4) is 0 Å². The van der Waals surface area contributed by atoms with Gasteiger partial charge in [-0.3, -0.25) is 9.59 Å². The van der Waals surface area contributed by atoms with Gasteiger partial charge in [-0.25, -0.2) is 0 Å². The molecular formula is C19H32N2O3. The van der Waals surface area contributed by atoms with E-state index >= 15 is 0 Å². The lowest BCUT2D eigenvalue weighted by atomic mass is 9.60. The van der Waals surface area contributed by atoms with Crippen LogP contribution in [-0.4, -0.2) is 60.0 Å². The normalized spacial score (nSPS) is 31.8. The van der Waals surface area contributed by atoms with Crippen LogP contribution >= 0.6 is 0 Å². The monoisotopic (exact) mass is 336 g/mol. The van der Waals surface area contributed by atoms with E-state index in [1.807, 2.05) is 30.7 Å². The Kier molecular flexibility index (Phi) is 4.92. The van der Waals surface area contributed by atoms with Crippen molar-refractivity contribution >= 4 is 11.8 Å². The van der Waals surface area contributed by atoms with Gasteiger partial charge in [0.15, 0.2) is 0 Å². The molecule has 3 atom stereocenters. The zero-order valence-electron chi connectivity index (χ0n) is 15.6. The molecule has 0 N–H and O–H groups in total. The van der Waals surface area contributed by atoms with Crippen molar-refractivity contribution in [1.29, 1.82) is 0 Å². The minimum Gasteiger partial charge on any atom is -0.378 e. The number of carbonyl (C=O) groups excluding carboxylic acids is 2. The number of rotatable bonds is 5. The summed E-state index contributed by atoms with van der Waals surface area (Å²) in [7, 11) is 1.94. The Balaban J connectivity index is 1.67. The molecule has 3 fully saturated rings. The van der Waals surface area contributed by atoms with Crippen molar-refractivity contribution in [2.24, 2.45) is 11.3 Å². The van der Waals surface area contributed by atoms with Gasteiger partial charge in [0.05, 0.1) is 12.0 Å². The molecular weight excluding hydrogens is 304 g/mol. The van der Waals surface area contributed by atoms with Gasteiger partial charge in [0.1, 0.15) is 0 Å². The molecule has 1 aliphatic heterocycles. The number of hydrogen-bond donors (Lipinski definition) is 0. The third kappa shape index (κ3) is 2.75. The Hall–Kier alpha value is -1.10. The fourth-order valence-electron chi connectivity index (χ4n) is 5.23. The lowest BCUT2D eigenvalue weighted by Gasteiger charge is -2.57. The third-order valence-electron chi connectivity index (χ3n) is 6.59. The number of ether oxygens (including phenoxy) is 1. The van der Waals surface area contributed by atoms with E-state index in [4.69, 9.17) is 4.74 Å². The van der Waals surface area contributed by atoms with Crippen molar-refractivity contribution < 1.29 is 14.3 Å². The molecule has 0 aromatic heterocycles. The average Bonchev–Trinajstić information content (AvgIpc) is 3.18. The zero-order valence-corrected chi connectivity index (χ0v) is 15.6. The van der Waals surface area contributed by atoms with Crippen LogP contribution in [0.25, 0.3) is 0 Å². The highest BCUT2D eigenvalue weighted by Gasteiger charge is 2.59. The molecule has 0 bridgehead atoms. The highest BCUT2D eigenvalue weighted by atomic mass is 16.5.